The minimum atomic E-state index is 0.306. The largest absolute Gasteiger partial charge is 0.328 e. The third-order valence-electron chi connectivity index (χ3n) is 3.49. The summed E-state index contributed by atoms with van der Waals surface area (Å²) in [6.45, 7) is 0. The molecule has 0 spiro atoms. The molecule has 0 bridgehead atoms. The van der Waals surface area contributed by atoms with E-state index >= 15 is 0 Å². The van der Waals surface area contributed by atoms with Gasteiger partial charge in [-0.1, -0.05) is 11.3 Å². The van der Waals surface area contributed by atoms with Crippen LogP contribution < -0.4 is 5.73 Å². The Kier molecular flexibility index (Phi) is 2.88. The molecule has 1 fully saturated rings. The third kappa shape index (κ3) is 1.98. The fraction of sp³-hybridized carbons (Fsp3) is 0.500. The molecule has 1 aromatic heterocycles. The molecule has 1 heterocycles. The first-order valence-electron chi connectivity index (χ1n) is 6.00. The van der Waals surface area contributed by atoms with E-state index in [0.29, 0.717) is 12.1 Å². The minimum Gasteiger partial charge on any atom is -0.328 e. The van der Waals surface area contributed by atoms with E-state index in [2.05, 4.69) is 32.3 Å². The zero-order chi connectivity index (χ0) is 11.8. The Morgan fingerprint density at radius 1 is 1.35 bits per heavy atom. The molecule has 1 aromatic carbocycles. The molecule has 90 valence electrons. The van der Waals surface area contributed by atoms with Crippen LogP contribution in [0.25, 0.3) is 11.0 Å². The zero-order valence-corrected chi connectivity index (χ0v) is 11.1. The predicted molar refractivity (Wildman–Crippen MR) is 70.7 cm³/mol. The number of rotatable bonds is 1. The van der Waals surface area contributed by atoms with Crippen LogP contribution in [0.4, 0.5) is 0 Å². The lowest BCUT2D eigenvalue weighted by Crippen LogP contribution is -2.29. The van der Waals surface area contributed by atoms with Crippen LogP contribution in [0.1, 0.15) is 31.7 Å². The maximum Gasteiger partial charge on any atom is 0.127 e. The highest BCUT2D eigenvalue weighted by atomic mass is 79.9. The van der Waals surface area contributed by atoms with Crippen LogP contribution in [0.5, 0.6) is 0 Å². The average molecular weight is 295 g/mol. The summed E-state index contributed by atoms with van der Waals surface area (Å²) in [5.41, 5.74) is 8.07. The number of hydrogen-bond acceptors (Lipinski definition) is 3. The molecule has 1 saturated carbocycles. The monoisotopic (exact) mass is 294 g/mol. The number of nitrogens with zero attached hydrogens (tertiary/aromatic N) is 3. The lowest BCUT2D eigenvalue weighted by atomic mass is 9.91. The predicted octanol–water partition coefficient (Wildman–Crippen LogP) is 2.64. The van der Waals surface area contributed by atoms with E-state index in [-0.39, 0.29) is 0 Å². The van der Waals surface area contributed by atoms with Gasteiger partial charge in [-0.3, -0.25) is 0 Å². The third-order valence-corrected chi connectivity index (χ3v) is 4.13. The SMILES string of the molecule is N[C@@H]1CCC[C@H](n2nnc3c(Br)cccc32)C1. The molecule has 0 radical (unpaired) electrons. The molecule has 2 atom stereocenters. The fourth-order valence-electron chi connectivity index (χ4n) is 2.62. The minimum absolute atomic E-state index is 0.306. The van der Waals surface area contributed by atoms with E-state index < -0.39 is 0 Å². The Morgan fingerprint density at radius 3 is 3.06 bits per heavy atom. The second-order valence-corrected chi connectivity index (χ2v) is 5.58. The van der Waals surface area contributed by atoms with Crippen LogP contribution >= 0.6 is 15.9 Å². The van der Waals surface area contributed by atoms with E-state index in [0.717, 1.165) is 34.8 Å². The summed E-state index contributed by atoms with van der Waals surface area (Å²) >= 11 is 3.51. The van der Waals surface area contributed by atoms with E-state index in [1.807, 2.05) is 16.8 Å². The molecule has 0 saturated heterocycles. The topological polar surface area (TPSA) is 56.7 Å². The highest BCUT2D eigenvalue weighted by Crippen LogP contribution is 2.30. The van der Waals surface area contributed by atoms with Crippen molar-refractivity contribution in [1.29, 1.82) is 0 Å². The second kappa shape index (κ2) is 4.38. The van der Waals surface area contributed by atoms with Crippen LogP contribution in [0.2, 0.25) is 0 Å². The van der Waals surface area contributed by atoms with Gasteiger partial charge in [0.1, 0.15) is 5.52 Å². The number of nitrogens with two attached hydrogens (primary N) is 1. The van der Waals surface area contributed by atoms with Gasteiger partial charge >= 0.3 is 0 Å². The Labute approximate surface area is 108 Å². The highest BCUT2D eigenvalue weighted by molar-refractivity contribution is 9.10. The van der Waals surface area contributed by atoms with Crippen molar-refractivity contribution in [2.45, 2.75) is 37.8 Å². The number of halogens is 1. The molecule has 3 rings (SSSR count). The summed E-state index contributed by atoms with van der Waals surface area (Å²) in [7, 11) is 0. The van der Waals surface area contributed by atoms with E-state index in [1.165, 1.54) is 6.42 Å². The van der Waals surface area contributed by atoms with E-state index in [4.69, 9.17) is 5.73 Å². The number of hydrogen-bond donors (Lipinski definition) is 1. The van der Waals surface area contributed by atoms with Gasteiger partial charge in [-0.15, -0.1) is 5.10 Å². The van der Waals surface area contributed by atoms with Crippen LogP contribution in [0.3, 0.4) is 0 Å². The van der Waals surface area contributed by atoms with Gasteiger partial charge in [0, 0.05) is 10.5 Å². The highest BCUT2D eigenvalue weighted by Gasteiger charge is 2.23. The zero-order valence-electron chi connectivity index (χ0n) is 9.51. The number of fused-ring (bicyclic) bond motifs is 1. The van der Waals surface area contributed by atoms with Crippen LogP contribution in [0, 0.1) is 0 Å². The molecule has 0 unspecified atom stereocenters. The van der Waals surface area contributed by atoms with Crippen molar-refractivity contribution in [2.75, 3.05) is 0 Å². The van der Waals surface area contributed by atoms with Crippen molar-refractivity contribution in [2.24, 2.45) is 5.73 Å². The van der Waals surface area contributed by atoms with Crippen LogP contribution in [-0.4, -0.2) is 21.0 Å². The summed E-state index contributed by atoms with van der Waals surface area (Å²) in [6.07, 6.45) is 4.47. The number of aromatic nitrogens is 3. The van der Waals surface area contributed by atoms with Gasteiger partial charge in [-0.25, -0.2) is 4.68 Å². The van der Waals surface area contributed by atoms with Gasteiger partial charge in [0.05, 0.1) is 11.6 Å². The normalized spacial score (nSPS) is 25.3. The maximum atomic E-state index is 6.03. The lowest BCUT2D eigenvalue weighted by molar-refractivity contribution is 0.302. The van der Waals surface area contributed by atoms with E-state index in [1.54, 1.807) is 0 Å². The Balaban J connectivity index is 2.02. The molecule has 17 heavy (non-hydrogen) atoms. The molecule has 1 aliphatic carbocycles. The fourth-order valence-corrected chi connectivity index (χ4v) is 3.06. The van der Waals surface area contributed by atoms with Crippen molar-refractivity contribution < 1.29 is 0 Å². The van der Waals surface area contributed by atoms with Gasteiger partial charge in [-0.2, -0.15) is 0 Å². The second-order valence-electron chi connectivity index (χ2n) is 4.72. The molecule has 1 aliphatic rings. The summed E-state index contributed by atoms with van der Waals surface area (Å²) < 4.78 is 3.04. The summed E-state index contributed by atoms with van der Waals surface area (Å²) in [4.78, 5) is 0. The van der Waals surface area contributed by atoms with Gasteiger partial charge < -0.3 is 5.73 Å². The first kappa shape index (κ1) is 11.2. The van der Waals surface area contributed by atoms with Crippen molar-refractivity contribution in [3.05, 3.63) is 22.7 Å². The van der Waals surface area contributed by atoms with Gasteiger partial charge in [-0.05, 0) is 53.7 Å². The lowest BCUT2D eigenvalue weighted by Gasteiger charge is -2.26. The van der Waals surface area contributed by atoms with Crippen molar-refractivity contribution in [3.8, 4) is 0 Å². The molecule has 0 aliphatic heterocycles. The summed E-state index contributed by atoms with van der Waals surface area (Å²) in [6, 6.07) is 6.79. The van der Waals surface area contributed by atoms with Crippen molar-refractivity contribution in [3.63, 3.8) is 0 Å². The van der Waals surface area contributed by atoms with Crippen LogP contribution in [-0.2, 0) is 0 Å². The Hall–Kier alpha value is -0.940. The smallest absolute Gasteiger partial charge is 0.127 e. The molecular formula is C12H15BrN4. The van der Waals surface area contributed by atoms with Gasteiger partial charge in [0.15, 0.2) is 0 Å². The summed E-state index contributed by atoms with van der Waals surface area (Å²) in [5, 5.41) is 8.54. The van der Waals surface area contributed by atoms with Gasteiger partial charge in [0.2, 0.25) is 0 Å². The molecule has 4 nitrogen and oxygen atoms in total. The Bertz CT molecular complexity index is 536. The molecule has 0 amide bonds. The van der Waals surface area contributed by atoms with Crippen molar-refractivity contribution in [1.82, 2.24) is 15.0 Å². The van der Waals surface area contributed by atoms with Crippen LogP contribution in [0.15, 0.2) is 22.7 Å². The Morgan fingerprint density at radius 2 is 2.24 bits per heavy atom. The molecule has 2 N–H and O–H groups in total. The van der Waals surface area contributed by atoms with Gasteiger partial charge in [0.25, 0.3) is 0 Å². The number of benzene rings is 1. The van der Waals surface area contributed by atoms with E-state index in [9.17, 15) is 0 Å². The standard InChI is InChI=1S/C12H15BrN4/c13-10-5-2-6-11-12(10)15-16-17(11)9-4-1-3-8(14)7-9/h2,5-6,8-9H,1,3-4,7,14H2/t8-,9+/m1/s1. The quantitative estimate of drug-likeness (QED) is 0.880. The molecule has 2 aromatic rings. The average Bonchev–Trinajstić information content (AvgIpc) is 2.74. The molecule has 5 heteroatoms. The maximum absolute atomic E-state index is 6.03. The first-order valence-corrected chi connectivity index (χ1v) is 6.80. The summed E-state index contributed by atoms with van der Waals surface area (Å²) in [5.74, 6) is 0. The first-order chi connectivity index (χ1) is 8.25. The molecular weight excluding hydrogens is 280 g/mol. The van der Waals surface area contributed by atoms with Crippen molar-refractivity contribution >= 4 is 27.0 Å².